The predicted molar refractivity (Wildman–Crippen MR) is 116 cm³/mol. The van der Waals surface area contributed by atoms with E-state index in [1.165, 1.54) is 0 Å². The van der Waals surface area contributed by atoms with Crippen molar-refractivity contribution in [3.63, 3.8) is 0 Å². The lowest BCUT2D eigenvalue weighted by atomic mass is 10.1. The zero-order chi connectivity index (χ0) is 20.7. The van der Waals surface area contributed by atoms with Crippen LogP contribution in [0.25, 0.3) is 21.8 Å². The summed E-state index contributed by atoms with van der Waals surface area (Å²) in [4.78, 5) is 39.3. The number of amides is 1. The molecule has 0 saturated carbocycles. The molecule has 1 aromatic carbocycles. The van der Waals surface area contributed by atoms with Crippen LogP contribution in [0.2, 0.25) is 5.02 Å². The summed E-state index contributed by atoms with van der Waals surface area (Å²) < 4.78 is 0. The number of benzene rings is 1. The number of pyridine rings is 1. The van der Waals surface area contributed by atoms with Crippen LogP contribution in [-0.2, 0) is 11.3 Å². The number of aromatic nitrogens is 3. The molecule has 1 saturated heterocycles. The standard InChI is InChI=1S/C22H20ClN5O2/c23-16-1-2-19-14(7-16)9-21(26-19)22(30)28-6-5-27(18(12-28)13-29)11-17-8-15-10-24-4-3-20(15)25-17/h1-4,7-10,13,18,25-26H,5-6,11-12H2. The second-order valence-corrected chi connectivity index (χ2v) is 8.03. The van der Waals surface area contributed by atoms with E-state index in [2.05, 4.69) is 25.9 Å². The van der Waals surface area contributed by atoms with Crippen molar-refractivity contribution in [3.8, 4) is 0 Å². The quantitative estimate of drug-likeness (QED) is 0.495. The first-order valence-corrected chi connectivity index (χ1v) is 10.2. The van der Waals surface area contributed by atoms with Gasteiger partial charge in [0.15, 0.2) is 0 Å². The number of aromatic amines is 2. The molecule has 8 heteroatoms. The highest BCUT2D eigenvalue weighted by atomic mass is 35.5. The Morgan fingerprint density at radius 2 is 2.00 bits per heavy atom. The third kappa shape index (κ3) is 3.46. The van der Waals surface area contributed by atoms with Crippen molar-refractivity contribution in [1.82, 2.24) is 24.8 Å². The van der Waals surface area contributed by atoms with Crippen molar-refractivity contribution < 1.29 is 9.59 Å². The van der Waals surface area contributed by atoms with E-state index in [9.17, 15) is 9.59 Å². The third-order valence-corrected chi connectivity index (χ3v) is 5.88. The normalized spacial score (nSPS) is 17.6. The molecule has 30 heavy (non-hydrogen) atoms. The number of carbonyl (C=O) groups excluding carboxylic acids is 2. The number of piperazine rings is 1. The van der Waals surface area contributed by atoms with Gasteiger partial charge < -0.3 is 19.7 Å². The Hall–Kier alpha value is -3.16. The highest BCUT2D eigenvalue weighted by molar-refractivity contribution is 6.31. The Balaban J connectivity index is 1.31. The van der Waals surface area contributed by atoms with Gasteiger partial charge in [-0.15, -0.1) is 0 Å². The molecular formula is C22H20ClN5O2. The average molecular weight is 422 g/mol. The van der Waals surface area contributed by atoms with Crippen LogP contribution in [0.3, 0.4) is 0 Å². The molecule has 2 N–H and O–H groups in total. The predicted octanol–water partition coefficient (Wildman–Crippen LogP) is 3.22. The Kier molecular flexibility index (Phi) is 4.77. The SMILES string of the molecule is O=CC1CN(C(=O)c2cc3cc(Cl)ccc3[nH]2)CCN1Cc1cc2cnccc2[nH]1. The van der Waals surface area contributed by atoms with E-state index in [0.29, 0.717) is 36.9 Å². The highest BCUT2D eigenvalue weighted by Crippen LogP contribution is 2.22. The largest absolute Gasteiger partial charge is 0.357 e. The molecule has 1 unspecified atom stereocenters. The van der Waals surface area contributed by atoms with E-state index < -0.39 is 0 Å². The van der Waals surface area contributed by atoms with E-state index in [1.54, 1.807) is 17.2 Å². The van der Waals surface area contributed by atoms with Gasteiger partial charge in [-0.2, -0.15) is 0 Å². The van der Waals surface area contributed by atoms with Gasteiger partial charge in [0.05, 0.1) is 6.04 Å². The number of halogens is 1. The van der Waals surface area contributed by atoms with Gasteiger partial charge in [-0.05, 0) is 36.4 Å². The molecule has 7 nitrogen and oxygen atoms in total. The number of rotatable bonds is 4. The maximum absolute atomic E-state index is 13.0. The second kappa shape index (κ2) is 7.59. The van der Waals surface area contributed by atoms with E-state index in [1.807, 2.05) is 30.5 Å². The van der Waals surface area contributed by atoms with Gasteiger partial charge in [-0.25, -0.2) is 0 Å². The van der Waals surface area contributed by atoms with Gasteiger partial charge in [0.25, 0.3) is 5.91 Å². The highest BCUT2D eigenvalue weighted by Gasteiger charge is 2.30. The zero-order valence-corrected chi connectivity index (χ0v) is 16.9. The fourth-order valence-electron chi connectivity index (χ4n) is 4.08. The minimum atomic E-state index is -0.355. The van der Waals surface area contributed by atoms with Gasteiger partial charge in [-0.1, -0.05) is 11.6 Å². The topological polar surface area (TPSA) is 85.1 Å². The van der Waals surface area contributed by atoms with Crippen molar-refractivity contribution in [2.24, 2.45) is 0 Å². The van der Waals surface area contributed by atoms with E-state index in [0.717, 1.165) is 33.8 Å². The molecule has 0 bridgehead atoms. The average Bonchev–Trinajstić information content (AvgIpc) is 3.36. The number of carbonyl (C=O) groups is 2. The van der Waals surface area contributed by atoms with Crippen molar-refractivity contribution in [1.29, 1.82) is 0 Å². The van der Waals surface area contributed by atoms with Crippen molar-refractivity contribution in [2.45, 2.75) is 12.6 Å². The maximum atomic E-state index is 13.0. The molecule has 1 amide bonds. The first kappa shape index (κ1) is 18.8. The van der Waals surface area contributed by atoms with Crippen LogP contribution in [0, 0.1) is 0 Å². The van der Waals surface area contributed by atoms with Gasteiger partial charge >= 0.3 is 0 Å². The summed E-state index contributed by atoms with van der Waals surface area (Å²) in [6.45, 7) is 2.15. The first-order chi connectivity index (χ1) is 14.6. The molecule has 1 aliphatic rings. The molecule has 4 aromatic rings. The lowest BCUT2D eigenvalue weighted by molar-refractivity contribution is -0.114. The Morgan fingerprint density at radius 1 is 1.13 bits per heavy atom. The van der Waals surface area contributed by atoms with Crippen LogP contribution in [0.4, 0.5) is 0 Å². The van der Waals surface area contributed by atoms with Crippen LogP contribution in [0.5, 0.6) is 0 Å². The first-order valence-electron chi connectivity index (χ1n) is 9.79. The number of nitrogens with zero attached hydrogens (tertiary/aromatic N) is 3. The molecule has 1 aliphatic heterocycles. The fraction of sp³-hybridized carbons (Fsp3) is 0.227. The van der Waals surface area contributed by atoms with E-state index in [-0.39, 0.29) is 11.9 Å². The maximum Gasteiger partial charge on any atom is 0.270 e. The van der Waals surface area contributed by atoms with Gasteiger partial charge in [0.2, 0.25) is 0 Å². The molecule has 152 valence electrons. The lowest BCUT2D eigenvalue weighted by Gasteiger charge is -2.38. The van der Waals surface area contributed by atoms with Crippen molar-refractivity contribution in [3.05, 3.63) is 65.2 Å². The molecule has 0 spiro atoms. The minimum absolute atomic E-state index is 0.106. The zero-order valence-electron chi connectivity index (χ0n) is 16.1. The molecule has 0 radical (unpaired) electrons. The monoisotopic (exact) mass is 421 g/mol. The Labute approximate surface area is 177 Å². The number of hydrogen-bond acceptors (Lipinski definition) is 4. The molecule has 0 aliphatic carbocycles. The Morgan fingerprint density at radius 3 is 2.83 bits per heavy atom. The number of hydrogen-bond donors (Lipinski definition) is 2. The number of H-pyrrole nitrogens is 2. The summed E-state index contributed by atoms with van der Waals surface area (Å²) in [7, 11) is 0. The minimum Gasteiger partial charge on any atom is -0.357 e. The molecule has 4 heterocycles. The Bertz CT molecular complexity index is 1210. The van der Waals surface area contributed by atoms with Crippen LogP contribution in [0.1, 0.15) is 16.2 Å². The summed E-state index contributed by atoms with van der Waals surface area (Å²) in [5, 5.41) is 2.57. The number of fused-ring (bicyclic) bond motifs is 2. The van der Waals surface area contributed by atoms with Gasteiger partial charge in [0.1, 0.15) is 12.0 Å². The lowest BCUT2D eigenvalue weighted by Crippen LogP contribution is -2.55. The van der Waals surface area contributed by atoms with E-state index >= 15 is 0 Å². The number of aldehydes is 1. The summed E-state index contributed by atoms with van der Waals surface area (Å²) in [6, 6.07) is 10.9. The van der Waals surface area contributed by atoms with Crippen LogP contribution in [0.15, 0.2) is 48.8 Å². The third-order valence-electron chi connectivity index (χ3n) is 5.64. The van der Waals surface area contributed by atoms with Gasteiger partial charge in [-0.3, -0.25) is 14.7 Å². The summed E-state index contributed by atoms with van der Waals surface area (Å²) in [5.74, 6) is -0.106. The molecule has 3 aromatic heterocycles. The summed E-state index contributed by atoms with van der Waals surface area (Å²) in [5.41, 5.74) is 3.42. The summed E-state index contributed by atoms with van der Waals surface area (Å²) >= 11 is 6.04. The van der Waals surface area contributed by atoms with Crippen molar-refractivity contribution >= 4 is 45.6 Å². The van der Waals surface area contributed by atoms with Gasteiger partial charge in [0, 0.05) is 71.1 Å². The molecule has 5 rings (SSSR count). The van der Waals surface area contributed by atoms with Crippen LogP contribution >= 0.6 is 11.6 Å². The smallest absolute Gasteiger partial charge is 0.270 e. The second-order valence-electron chi connectivity index (χ2n) is 7.60. The fourth-order valence-corrected chi connectivity index (χ4v) is 4.26. The van der Waals surface area contributed by atoms with Crippen LogP contribution in [-0.4, -0.2) is 62.6 Å². The van der Waals surface area contributed by atoms with Crippen LogP contribution < -0.4 is 0 Å². The number of nitrogens with one attached hydrogen (secondary N) is 2. The molecule has 1 fully saturated rings. The van der Waals surface area contributed by atoms with E-state index in [4.69, 9.17) is 11.6 Å². The van der Waals surface area contributed by atoms with Crippen molar-refractivity contribution in [2.75, 3.05) is 19.6 Å². The molecule has 1 atom stereocenters. The summed E-state index contributed by atoms with van der Waals surface area (Å²) in [6.07, 6.45) is 4.49. The molecular weight excluding hydrogens is 402 g/mol.